The lowest BCUT2D eigenvalue weighted by Gasteiger charge is -2.20. The maximum Gasteiger partial charge on any atom is 0.0705 e. The minimum absolute atomic E-state index is 0.574. The van der Waals surface area contributed by atoms with Gasteiger partial charge in [0.2, 0.25) is 0 Å². The fourth-order valence-corrected chi connectivity index (χ4v) is 3.45. The van der Waals surface area contributed by atoms with Crippen LogP contribution in [-0.2, 0) is 6.54 Å². The van der Waals surface area contributed by atoms with Crippen molar-refractivity contribution in [3.63, 3.8) is 0 Å². The number of para-hydroxylation sites is 1. The van der Waals surface area contributed by atoms with Gasteiger partial charge in [0.25, 0.3) is 0 Å². The molecule has 1 aliphatic carbocycles. The van der Waals surface area contributed by atoms with E-state index in [0.717, 1.165) is 34.1 Å². The molecule has 1 aromatic carbocycles. The molecule has 0 amide bonds. The summed E-state index contributed by atoms with van der Waals surface area (Å²) in [5, 5.41) is 5.61. The Bertz CT molecular complexity index is 555. The normalized spacial score (nSPS) is 18.2. The molecule has 0 saturated heterocycles. The van der Waals surface area contributed by atoms with Crippen LogP contribution in [0, 0.1) is 5.92 Å². The zero-order chi connectivity index (χ0) is 13.2. The Morgan fingerprint density at radius 1 is 1.32 bits per heavy atom. The van der Waals surface area contributed by atoms with Crippen LogP contribution in [0.4, 0.5) is 0 Å². The van der Waals surface area contributed by atoms with E-state index >= 15 is 0 Å². The van der Waals surface area contributed by atoms with E-state index in [1.165, 1.54) is 25.7 Å². The Hall–Kier alpha value is -0.990. The zero-order valence-corrected chi connectivity index (χ0v) is 12.1. The molecule has 0 aliphatic heterocycles. The third kappa shape index (κ3) is 2.65. The molecule has 1 saturated carbocycles. The number of hydrogen-bond donors (Lipinski definition) is 2. The molecule has 0 radical (unpaired) electrons. The highest BCUT2D eigenvalue weighted by Gasteiger charge is 2.21. The van der Waals surface area contributed by atoms with E-state index in [9.17, 15) is 0 Å². The molecular formula is C16H21ClN2. The van der Waals surface area contributed by atoms with Crippen LogP contribution >= 0.6 is 11.6 Å². The van der Waals surface area contributed by atoms with Gasteiger partial charge in [-0.05, 0) is 31.7 Å². The van der Waals surface area contributed by atoms with Crippen molar-refractivity contribution >= 4 is 22.5 Å². The summed E-state index contributed by atoms with van der Waals surface area (Å²) in [6.45, 7) is 3.12. The first-order chi connectivity index (χ1) is 9.25. The second kappa shape index (κ2) is 5.56. The first kappa shape index (κ1) is 13.0. The topological polar surface area (TPSA) is 27.8 Å². The van der Waals surface area contributed by atoms with Gasteiger partial charge in [-0.15, -0.1) is 0 Å². The molecule has 2 nitrogen and oxygen atoms in total. The van der Waals surface area contributed by atoms with Gasteiger partial charge in [-0.25, -0.2) is 0 Å². The molecule has 3 heteroatoms. The molecule has 0 unspecified atom stereocenters. The largest absolute Gasteiger partial charge is 0.356 e. The summed E-state index contributed by atoms with van der Waals surface area (Å²) in [6, 6.07) is 8.78. The molecule has 2 N–H and O–H groups in total. The summed E-state index contributed by atoms with van der Waals surface area (Å²) < 4.78 is 0. The number of fused-ring (bicyclic) bond motifs is 1. The van der Waals surface area contributed by atoms with Crippen LogP contribution in [0.2, 0.25) is 5.02 Å². The van der Waals surface area contributed by atoms with Crippen molar-refractivity contribution < 1.29 is 0 Å². The summed E-state index contributed by atoms with van der Waals surface area (Å²) in [5.41, 5.74) is 2.23. The second-order valence-corrected chi connectivity index (χ2v) is 6.06. The van der Waals surface area contributed by atoms with Crippen LogP contribution in [0.5, 0.6) is 0 Å². The van der Waals surface area contributed by atoms with E-state index < -0.39 is 0 Å². The van der Waals surface area contributed by atoms with Crippen LogP contribution in [0.3, 0.4) is 0 Å². The summed E-state index contributed by atoms with van der Waals surface area (Å²) >= 11 is 6.43. The van der Waals surface area contributed by atoms with Crippen molar-refractivity contribution in [2.75, 3.05) is 0 Å². The number of H-pyrrole nitrogens is 1. The molecule has 3 rings (SSSR count). The van der Waals surface area contributed by atoms with Gasteiger partial charge in [0.05, 0.1) is 5.02 Å². The molecule has 1 atom stereocenters. The van der Waals surface area contributed by atoms with Crippen LogP contribution in [0.25, 0.3) is 10.9 Å². The summed E-state index contributed by atoms with van der Waals surface area (Å²) in [5.74, 6) is 0.836. The standard InChI is InChI=1S/C16H21ClN2/c1-11(12-6-2-3-7-12)18-10-15-16(17)13-8-4-5-9-14(13)19-15/h4-5,8-9,11-12,18-19H,2-3,6-7,10H2,1H3/t11-/m1/s1. The predicted molar refractivity (Wildman–Crippen MR) is 81.6 cm³/mol. The Balaban J connectivity index is 1.69. The van der Waals surface area contributed by atoms with Gasteiger partial charge in [0.15, 0.2) is 0 Å². The lowest BCUT2D eigenvalue weighted by atomic mass is 10.00. The van der Waals surface area contributed by atoms with E-state index in [4.69, 9.17) is 11.6 Å². The predicted octanol–water partition coefficient (Wildman–Crippen LogP) is 4.49. The van der Waals surface area contributed by atoms with Gasteiger partial charge in [-0.1, -0.05) is 42.6 Å². The van der Waals surface area contributed by atoms with Gasteiger partial charge in [-0.3, -0.25) is 0 Å². The van der Waals surface area contributed by atoms with Crippen LogP contribution in [0.1, 0.15) is 38.3 Å². The summed E-state index contributed by atoms with van der Waals surface area (Å²) in [6.07, 6.45) is 5.52. The number of halogens is 1. The quantitative estimate of drug-likeness (QED) is 0.846. The highest BCUT2D eigenvalue weighted by Crippen LogP contribution is 2.29. The SMILES string of the molecule is C[C@@H](NCc1[nH]c2ccccc2c1Cl)C1CCCC1. The van der Waals surface area contributed by atoms with Gasteiger partial charge in [-0.2, -0.15) is 0 Å². The lowest BCUT2D eigenvalue weighted by molar-refractivity contribution is 0.379. The van der Waals surface area contributed by atoms with Crippen molar-refractivity contribution in [3.8, 4) is 0 Å². The highest BCUT2D eigenvalue weighted by atomic mass is 35.5. The van der Waals surface area contributed by atoms with E-state index in [-0.39, 0.29) is 0 Å². The fourth-order valence-electron chi connectivity index (χ4n) is 3.17. The molecule has 1 aliphatic rings. The van der Waals surface area contributed by atoms with Crippen molar-refractivity contribution in [2.24, 2.45) is 5.92 Å². The van der Waals surface area contributed by atoms with Crippen molar-refractivity contribution in [3.05, 3.63) is 35.0 Å². The maximum atomic E-state index is 6.43. The molecule has 0 bridgehead atoms. The number of nitrogens with one attached hydrogen (secondary N) is 2. The third-order valence-corrected chi connectivity index (χ3v) is 4.85. The van der Waals surface area contributed by atoms with Crippen LogP contribution < -0.4 is 5.32 Å². The Morgan fingerprint density at radius 2 is 2.05 bits per heavy atom. The minimum atomic E-state index is 0.574. The molecule has 1 aromatic heterocycles. The molecular weight excluding hydrogens is 256 g/mol. The number of rotatable bonds is 4. The van der Waals surface area contributed by atoms with E-state index in [1.807, 2.05) is 12.1 Å². The van der Waals surface area contributed by atoms with Crippen molar-refractivity contribution in [2.45, 2.75) is 45.2 Å². The van der Waals surface area contributed by atoms with Crippen LogP contribution in [0.15, 0.2) is 24.3 Å². The number of aromatic nitrogens is 1. The molecule has 2 aromatic rings. The smallest absolute Gasteiger partial charge is 0.0705 e. The average Bonchev–Trinajstić information content (AvgIpc) is 3.05. The first-order valence-electron chi connectivity index (χ1n) is 7.24. The molecule has 1 fully saturated rings. The van der Waals surface area contributed by atoms with Gasteiger partial charge < -0.3 is 10.3 Å². The number of hydrogen-bond acceptors (Lipinski definition) is 1. The molecule has 1 heterocycles. The monoisotopic (exact) mass is 276 g/mol. The van der Waals surface area contributed by atoms with E-state index in [1.54, 1.807) is 0 Å². The average molecular weight is 277 g/mol. The summed E-state index contributed by atoms with van der Waals surface area (Å²) in [4.78, 5) is 3.42. The Morgan fingerprint density at radius 3 is 2.79 bits per heavy atom. The van der Waals surface area contributed by atoms with Gasteiger partial charge >= 0.3 is 0 Å². The van der Waals surface area contributed by atoms with Crippen molar-refractivity contribution in [1.82, 2.24) is 10.3 Å². The Labute approximate surface area is 119 Å². The van der Waals surface area contributed by atoms with Crippen LogP contribution in [-0.4, -0.2) is 11.0 Å². The van der Waals surface area contributed by atoms with Gasteiger partial charge in [0, 0.05) is 29.2 Å². The van der Waals surface area contributed by atoms with Gasteiger partial charge in [0.1, 0.15) is 0 Å². The number of aromatic amines is 1. The maximum absolute atomic E-state index is 6.43. The molecule has 0 spiro atoms. The fraction of sp³-hybridized carbons (Fsp3) is 0.500. The minimum Gasteiger partial charge on any atom is -0.356 e. The Kier molecular flexibility index (Phi) is 3.81. The number of benzene rings is 1. The molecule has 102 valence electrons. The zero-order valence-electron chi connectivity index (χ0n) is 11.4. The van der Waals surface area contributed by atoms with E-state index in [0.29, 0.717) is 6.04 Å². The second-order valence-electron chi connectivity index (χ2n) is 5.68. The summed E-state index contributed by atoms with van der Waals surface area (Å²) in [7, 11) is 0. The van der Waals surface area contributed by atoms with Crippen molar-refractivity contribution in [1.29, 1.82) is 0 Å². The van der Waals surface area contributed by atoms with E-state index in [2.05, 4.69) is 29.4 Å². The molecule has 19 heavy (non-hydrogen) atoms. The first-order valence-corrected chi connectivity index (χ1v) is 7.62. The third-order valence-electron chi connectivity index (χ3n) is 4.42. The lowest BCUT2D eigenvalue weighted by Crippen LogP contribution is -2.31. The highest BCUT2D eigenvalue weighted by molar-refractivity contribution is 6.36.